The predicted octanol–water partition coefficient (Wildman–Crippen LogP) is 1.59. The van der Waals surface area contributed by atoms with Gasteiger partial charge in [-0.3, -0.25) is 0 Å². The van der Waals surface area contributed by atoms with Crippen LogP contribution < -0.4 is 14.5 Å². The Morgan fingerprint density at radius 2 is 1.96 bits per heavy atom. The van der Waals surface area contributed by atoms with E-state index < -0.39 is 0 Å². The Labute approximate surface area is 160 Å². The first-order chi connectivity index (χ1) is 12.7. The summed E-state index contributed by atoms with van der Waals surface area (Å²) in [7, 11) is 2.05. The van der Waals surface area contributed by atoms with E-state index in [9.17, 15) is 0 Å². The molecule has 2 aromatic rings. The van der Waals surface area contributed by atoms with Crippen LogP contribution in [0.1, 0.15) is 31.5 Å². The minimum atomic E-state index is 0.630. The van der Waals surface area contributed by atoms with Gasteiger partial charge >= 0.3 is 0 Å². The van der Waals surface area contributed by atoms with Crippen molar-refractivity contribution in [2.45, 2.75) is 32.4 Å². The fourth-order valence-corrected chi connectivity index (χ4v) is 3.93. The molecule has 0 amide bonds. The molecule has 2 aliphatic rings. The van der Waals surface area contributed by atoms with E-state index in [4.69, 9.17) is 22.1 Å². The number of rotatable bonds is 6. The summed E-state index contributed by atoms with van der Waals surface area (Å²) < 4.78 is 10.8. The number of quaternary nitrogens is 1. The number of para-hydroxylation sites is 2. The highest BCUT2D eigenvalue weighted by Gasteiger charge is 2.30. The highest BCUT2D eigenvalue weighted by atomic mass is 32.1. The molecule has 1 saturated carbocycles. The van der Waals surface area contributed by atoms with Crippen LogP contribution in [0.15, 0.2) is 24.3 Å². The lowest BCUT2D eigenvalue weighted by atomic mass is 10.2. The second kappa shape index (κ2) is 7.40. The molecule has 1 aromatic heterocycles. The number of nitrogens with one attached hydrogen (secondary N) is 1. The third kappa shape index (κ3) is 3.50. The molecule has 26 heavy (non-hydrogen) atoms. The lowest BCUT2D eigenvalue weighted by Crippen LogP contribution is -3.14. The average Bonchev–Trinajstić information content (AvgIpc) is 3.46. The average molecular weight is 375 g/mol. The topological polar surface area (TPSA) is 39.7 Å². The summed E-state index contributed by atoms with van der Waals surface area (Å²) in [5.41, 5.74) is 1.21. The van der Waals surface area contributed by atoms with Crippen LogP contribution in [0, 0.1) is 4.77 Å². The highest BCUT2D eigenvalue weighted by Crippen LogP contribution is 2.38. The van der Waals surface area contributed by atoms with Crippen molar-refractivity contribution in [1.29, 1.82) is 0 Å². The minimum absolute atomic E-state index is 0.630. The summed E-state index contributed by atoms with van der Waals surface area (Å²) in [4.78, 5) is 3.97. The van der Waals surface area contributed by atoms with Crippen LogP contribution in [-0.4, -0.2) is 47.1 Å². The van der Waals surface area contributed by atoms with Gasteiger partial charge in [0.25, 0.3) is 0 Å². The molecule has 0 radical (unpaired) electrons. The number of hydrogen-bond acceptors (Lipinski definition) is 4. The molecule has 2 fully saturated rings. The van der Waals surface area contributed by atoms with Gasteiger partial charge in [0.1, 0.15) is 11.6 Å². The molecule has 4 rings (SSSR count). The van der Waals surface area contributed by atoms with Crippen LogP contribution in [0.3, 0.4) is 0 Å². The molecular weight excluding hydrogens is 346 g/mol. The SMILES string of the molecule is CCOc1ccccc1N1CC[NH+](Cn2nc(C3CC3)n(C)c2=S)CC1. The molecule has 1 aromatic carbocycles. The number of nitrogens with zero attached hydrogens (tertiary/aromatic N) is 4. The molecular formula is C19H28N5OS+. The number of ether oxygens (including phenoxy) is 1. The molecule has 1 aliphatic heterocycles. The third-order valence-electron chi connectivity index (χ3n) is 5.37. The monoisotopic (exact) mass is 374 g/mol. The van der Waals surface area contributed by atoms with Crippen LogP contribution in [0.5, 0.6) is 5.75 Å². The number of aromatic nitrogens is 3. The van der Waals surface area contributed by atoms with Crippen molar-refractivity contribution in [2.75, 3.05) is 37.7 Å². The van der Waals surface area contributed by atoms with Gasteiger partial charge in [-0.1, -0.05) is 12.1 Å². The van der Waals surface area contributed by atoms with Crippen LogP contribution in [0.4, 0.5) is 5.69 Å². The summed E-state index contributed by atoms with van der Waals surface area (Å²) in [6.07, 6.45) is 2.51. The fraction of sp³-hybridized carbons (Fsp3) is 0.579. The molecule has 1 saturated heterocycles. The third-order valence-corrected chi connectivity index (χ3v) is 5.85. The van der Waals surface area contributed by atoms with Gasteiger partial charge < -0.3 is 19.1 Å². The first-order valence-corrected chi connectivity index (χ1v) is 10.0. The Morgan fingerprint density at radius 1 is 1.23 bits per heavy atom. The smallest absolute Gasteiger partial charge is 0.202 e. The summed E-state index contributed by atoms with van der Waals surface area (Å²) >= 11 is 5.60. The summed E-state index contributed by atoms with van der Waals surface area (Å²) in [6, 6.07) is 8.34. The van der Waals surface area contributed by atoms with Gasteiger partial charge in [0.2, 0.25) is 4.77 Å². The second-order valence-electron chi connectivity index (χ2n) is 7.27. The Balaban J connectivity index is 1.40. The first-order valence-electron chi connectivity index (χ1n) is 9.61. The Kier molecular flexibility index (Phi) is 5.00. The summed E-state index contributed by atoms with van der Waals surface area (Å²) in [5.74, 6) is 2.78. The molecule has 1 aliphatic carbocycles. The van der Waals surface area contributed by atoms with E-state index in [1.807, 2.05) is 17.7 Å². The van der Waals surface area contributed by atoms with E-state index in [-0.39, 0.29) is 0 Å². The number of anilines is 1. The summed E-state index contributed by atoms with van der Waals surface area (Å²) in [6.45, 7) is 7.80. The van der Waals surface area contributed by atoms with Crippen molar-refractivity contribution in [3.05, 3.63) is 34.9 Å². The predicted molar refractivity (Wildman–Crippen MR) is 105 cm³/mol. The fourth-order valence-electron chi connectivity index (χ4n) is 3.73. The zero-order chi connectivity index (χ0) is 18.1. The maximum atomic E-state index is 5.79. The maximum Gasteiger partial charge on any atom is 0.202 e. The molecule has 7 heteroatoms. The lowest BCUT2D eigenvalue weighted by Gasteiger charge is -2.34. The largest absolute Gasteiger partial charge is 0.492 e. The van der Waals surface area contributed by atoms with E-state index in [2.05, 4.69) is 34.7 Å². The van der Waals surface area contributed by atoms with Crippen molar-refractivity contribution in [2.24, 2.45) is 7.05 Å². The highest BCUT2D eigenvalue weighted by molar-refractivity contribution is 7.71. The van der Waals surface area contributed by atoms with Crippen LogP contribution in [0.25, 0.3) is 0 Å². The normalized spacial score (nSPS) is 18.3. The molecule has 0 bridgehead atoms. The van der Waals surface area contributed by atoms with Gasteiger partial charge in [-0.25, -0.2) is 0 Å². The van der Waals surface area contributed by atoms with Gasteiger partial charge in [0, 0.05) is 13.0 Å². The van der Waals surface area contributed by atoms with E-state index >= 15 is 0 Å². The van der Waals surface area contributed by atoms with E-state index in [0.29, 0.717) is 12.5 Å². The lowest BCUT2D eigenvalue weighted by molar-refractivity contribution is -0.924. The molecule has 0 spiro atoms. The summed E-state index contributed by atoms with van der Waals surface area (Å²) in [5, 5.41) is 4.80. The van der Waals surface area contributed by atoms with Gasteiger partial charge in [-0.15, -0.1) is 0 Å². The van der Waals surface area contributed by atoms with Crippen LogP contribution >= 0.6 is 12.2 Å². The standard InChI is InChI=1S/C19H27N5OS/c1-3-25-17-7-5-4-6-16(17)23-12-10-22(11-13-23)14-24-19(26)21(2)18(20-24)15-8-9-15/h4-7,15H,3,8-14H2,1-2H3/p+1. The van der Waals surface area contributed by atoms with Gasteiger partial charge in [-0.05, 0) is 44.1 Å². The molecule has 1 N–H and O–H groups in total. The molecule has 6 nitrogen and oxygen atoms in total. The van der Waals surface area contributed by atoms with Crippen molar-refractivity contribution in [3.8, 4) is 5.75 Å². The number of benzene rings is 1. The Bertz CT molecular complexity index is 818. The number of piperazine rings is 1. The quantitative estimate of drug-likeness (QED) is 0.780. The van der Waals surface area contributed by atoms with Crippen molar-refractivity contribution < 1.29 is 9.64 Å². The van der Waals surface area contributed by atoms with E-state index in [0.717, 1.165) is 43.4 Å². The van der Waals surface area contributed by atoms with E-state index in [1.165, 1.54) is 29.3 Å². The van der Waals surface area contributed by atoms with Gasteiger partial charge in [0.05, 0.1) is 38.5 Å². The number of hydrogen-bond donors (Lipinski definition) is 1. The zero-order valence-electron chi connectivity index (χ0n) is 15.6. The van der Waals surface area contributed by atoms with Crippen LogP contribution in [0.2, 0.25) is 0 Å². The van der Waals surface area contributed by atoms with Crippen molar-refractivity contribution in [3.63, 3.8) is 0 Å². The Hall–Kier alpha value is -1.86. The van der Waals surface area contributed by atoms with Gasteiger partial charge in [0.15, 0.2) is 6.67 Å². The zero-order valence-corrected chi connectivity index (χ0v) is 16.5. The minimum Gasteiger partial charge on any atom is -0.492 e. The van der Waals surface area contributed by atoms with Crippen LogP contribution in [-0.2, 0) is 13.7 Å². The van der Waals surface area contributed by atoms with Gasteiger partial charge in [-0.2, -0.15) is 9.78 Å². The Morgan fingerprint density at radius 3 is 2.65 bits per heavy atom. The van der Waals surface area contributed by atoms with E-state index in [1.54, 1.807) is 0 Å². The second-order valence-corrected chi connectivity index (χ2v) is 7.63. The molecule has 0 unspecified atom stereocenters. The molecule has 0 atom stereocenters. The molecule has 140 valence electrons. The van der Waals surface area contributed by atoms with Crippen molar-refractivity contribution >= 4 is 17.9 Å². The first kappa shape index (κ1) is 17.5. The molecule has 2 heterocycles. The maximum absolute atomic E-state index is 5.79. The van der Waals surface area contributed by atoms with Crippen molar-refractivity contribution in [1.82, 2.24) is 14.3 Å².